The van der Waals surface area contributed by atoms with Gasteiger partial charge < -0.3 is 29.7 Å². The van der Waals surface area contributed by atoms with E-state index in [-0.39, 0.29) is 30.7 Å². The molecule has 0 aromatic heterocycles. The Morgan fingerprint density at radius 3 is 2.53 bits per heavy atom. The molecule has 0 aliphatic carbocycles. The normalized spacial score (nSPS) is 17.0. The van der Waals surface area contributed by atoms with Crippen molar-refractivity contribution in [2.45, 2.75) is 58.0 Å². The lowest BCUT2D eigenvalue weighted by Gasteiger charge is -2.29. The molecule has 0 radical (unpaired) electrons. The third-order valence-electron chi connectivity index (χ3n) is 6.48. The van der Waals surface area contributed by atoms with E-state index in [1.54, 1.807) is 18.2 Å². The molecular formula is C27H40N4O7. The van der Waals surface area contributed by atoms with Crippen molar-refractivity contribution in [2.24, 2.45) is 0 Å². The maximum Gasteiger partial charge on any atom is 0.255 e. The lowest BCUT2D eigenvalue weighted by Crippen LogP contribution is -2.52. The van der Waals surface area contributed by atoms with E-state index < -0.39 is 11.9 Å². The Morgan fingerprint density at radius 2 is 1.76 bits per heavy atom. The molecule has 2 heterocycles. The summed E-state index contributed by atoms with van der Waals surface area (Å²) in [6.45, 7) is 7.47. The number of unbranched alkanes of at least 4 members (excludes halogenated alkanes) is 2. The molecule has 210 valence electrons. The van der Waals surface area contributed by atoms with Crippen LogP contribution >= 0.6 is 0 Å². The highest BCUT2D eigenvalue weighted by atomic mass is 16.5. The molecule has 3 N–H and O–H groups in total. The van der Waals surface area contributed by atoms with Gasteiger partial charge in [0.1, 0.15) is 6.04 Å². The average molecular weight is 533 g/mol. The van der Waals surface area contributed by atoms with Crippen LogP contribution in [0.25, 0.3) is 0 Å². The van der Waals surface area contributed by atoms with Gasteiger partial charge in [0, 0.05) is 49.4 Å². The third kappa shape index (κ3) is 9.16. The number of nitrogens with zero attached hydrogens (tertiary/aromatic N) is 1. The van der Waals surface area contributed by atoms with Crippen LogP contribution in [0.4, 0.5) is 5.69 Å². The average Bonchev–Trinajstić information content (AvgIpc) is 3.23. The minimum Gasteiger partial charge on any atom is -0.379 e. The van der Waals surface area contributed by atoms with E-state index >= 15 is 0 Å². The van der Waals surface area contributed by atoms with Crippen LogP contribution in [0.15, 0.2) is 18.2 Å². The number of hydrogen-bond donors (Lipinski definition) is 3. The van der Waals surface area contributed by atoms with Crippen LogP contribution in [0.1, 0.15) is 61.4 Å². The van der Waals surface area contributed by atoms with Gasteiger partial charge in [-0.05, 0) is 44.9 Å². The maximum atomic E-state index is 12.9. The Labute approximate surface area is 223 Å². The lowest BCUT2D eigenvalue weighted by molar-refractivity contribution is -0.137. The van der Waals surface area contributed by atoms with E-state index in [2.05, 4.69) is 16.0 Å². The quantitative estimate of drug-likeness (QED) is 0.192. The van der Waals surface area contributed by atoms with Gasteiger partial charge in [0.05, 0.1) is 33.0 Å². The molecule has 1 aromatic rings. The fourth-order valence-corrected chi connectivity index (χ4v) is 4.48. The molecule has 1 aromatic carbocycles. The Morgan fingerprint density at radius 1 is 1.00 bits per heavy atom. The summed E-state index contributed by atoms with van der Waals surface area (Å²) in [6.07, 6.45) is 3.54. The first kappa shape index (κ1) is 29.7. The zero-order chi connectivity index (χ0) is 27.2. The molecule has 3 rings (SSSR count). The van der Waals surface area contributed by atoms with Gasteiger partial charge in [0.2, 0.25) is 17.7 Å². The molecule has 4 amide bonds. The number of rotatable bonds is 18. The zero-order valence-electron chi connectivity index (χ0n) is 22.2. The molecule has 0 bridgehead atoms. The van der Waals surface area contributed by atoms with E-state index in [1.807, 2.05) is 6.92 Å². The van der Waals surface area contributed by atoms with Crippen LogP contribution in [0.3, 0.4) is 0 Å². The molecule has 2 aliphatic rings. The highest BCUT2D eigenvalue weighted by Gasteiger charge is 2.39. The summed E-state index contributed by atoms with van der Waals surface area (Å²) in [5.41, 5.74) is 1.78. The summed E-state index contributed by atoms with van der Waals surface area (Å²) in [7, 11) is 0. The van der Waals surface area contributed by atoms with Crippen molar-refractivity contribution in [1.82, 2.24) is 15.5 Å². The highest BCUT2D eigenvalue weighted by molar-refractivity contribution is 6.06. The van der Waals surface area contributed by atoms with E-state index in [0.29, 0.717) is 69.3 Å². The summed E-state index contributed by atoms with van der Waals surface area (Å²) in [4.78, 5) is 50.7. The van der Waals surface area contributed by atoms with Gasteiger partial charge in [0.25, 0.3) is 5.91 Å². The Kier molecular flexibility index (Phi) is 12.6. The Bertz CT molecular complexity index is 955. The van der Waals surface area contributed by atoms with E-state index in [9.17, 15) is 19.2 Å². The predicted molar refractivity (Wildman–Crippen MR) is 141 cm³/mol. The minimum absolute atomic E-state index is 0.102. The predicted octanol–water partition coefficient (Wildman–Crippen LogP) is 1.61. The number of benzene rings is 1. The van der Waals surface area contributed by atoms with Gasteiger partial charge in [-0.25, -0.2) is 0 Å². The summed E-state index contributed by atoms with van der Waals surface area (Å²) in [5, 5.41) is 8.57. The van der Waals surface area contributed by atoms with Crippen LogP contribution in [0.2, 0.25) is 0 Å². The fourth-order valence-electron chi connectivity index (χ4n) is 4.48. The molecule has 0 spiro atoms. The van der Waals surface area contributed by atoms with Crippen molar-refractivity contribution in [3.05, 3.63) is 29.3 Å². The topological polar surface area (TPSA) is 135 Å². The molecule has 11 heteroatoms. The molecule has 1 saturated heterocycles. The highest BCUT2D eigenvalue weighted by Crippen LogP contribution is 2.32. The number of fused-ring (bicyclic) bond motifs is 1. The van der Waals surface area contributed by atoms with Crippen molar-refractivity contribution >= 4 is 29.3 Å². The number of nitrogens with one attached hydrogen (secondary N) is 3. The number of anilines is 1. The first-order valence-corrected chi connectivity index (χ1v) is 13.5. The van der Waals surface area contributed by atoms with Gasteiger partial charge in [-0.3, -0.25) is 24.5 Å². The van der Waals surface area contributed by atoms with E-state index in [4.69, 9.17) is 14.2 Å². The number of amides is 4. The van der Waals surface area contributed by atoms with Gasteiger partial charge in [-0.2, -0.15) is 0 Å². The van der Waals surface area contributed by atoms with Gasteiger partial charge in [-0.1, -0.05) is 12.5 Å². The molecule has 1 unspecified atom stereocenters. The van der Waals surface area contributed by atoms with E-state index in [1.165, 1.54) is 4.90 Å². The van der Waals surface area contributed by atoms with Crippen molar-refractivity contribution < 1.29 is 33.4 Å². The number of ether oxygens (including phenoxy) is 3. The Balaban J connectivity index is 1.27. The molecular weight excluding hydrogens is 492 g/mol. The van der Waals surface area contributed by atoms with Crippen LogP contribution in [0.5, 0.6) is 0 Å². The molecule has 1 fully saturated rings. The summed E-state index contributed by atoms with van der Waals surface area (Å²) < 4.78 is 16.1. The second-order valence-corrected chi connectivity index (χ2v) is 9.26. The van der Waals surface area contributed by atoms with Crippen molar-refractivity contribution in [1.29, 1.82) is 0 Å². The Hall–Kier alpha value is -2.86. The number of carbonyl (C=O) groups excluding carboxylic acids is 4. The number of imide groups is 1. The fraction of sp³-hybridized carbons (Fsp3) is 0.630. The van der Waals surface area contributed by atoms with Crippen molar-refractivity contribution in [3.63, 3.8) is 0 Å². The zero-order valence-corrected chi connectivity index (χ0v) is 22.2. The van der Waals surface area contributed by atoms with Crippen LogP contribution in [-0.2, 0) is 35.1 Å². The molecule has 0 saturated carbocycles. The molecule has 1 atom stereocenters. The molecule has 2 aliphatic heterocycles. The monoisotopic (exact) mass is 532 g/mol. The second kappa shape index (κ2) is 16.2. The lowest BCUT2D eigenvalue weighted by atomic mass is 10.0. The van der Waals surface area contributed by atoms with Crippen LogP contribution in [0, 0.1) is 0 Å². The number of piperidine rings is 1. The summed E-state index contributed by atoms with van der Waals surface area (Å²) in [6, 6.07) is 4.53. The van der Waals surface area contributed by atoms with E-state index in [0.717, 1.165) is 32.4 Å². The van der Waals surface area contributed by atoms with Gasteiger partial charge in [-0.15, -0.1) is 0 Å². The number of hydrogen-bond acceptors (Lipinski definition) is 8. The molecule has 38 heavy (non-hydrogen) atoms. The maximum absolute atomic E-state index is 12.9. The standard InChI is InChI=1S/C27H40N4O7/c1-2-36-15-16-38-18-17-37-14-13-28-12-5-3-4-9-24(32)29-22-8-6-7-20-21(22)19-31(27(20)35)23-10-11-25(33)30-26(23)34/h6-8,23,28H,2-5,9-19H2,1H3,(H,29,32)(H,30,33,34). The van der Waals surface area contributed by atoms with Gasteiger partial charge >= 0.3 is 0 Å². The SMILES string of the molecule is CCOCCOCCOCCNCCCCCC(=O)Nc1cccc2c1CN(C1CCC(=O)NC1=O)C2=O. The third-order valence-corrected chi connectivity index (χ3v) is 6.48. The minimum atomic E-state index is -0.679. The first-order valence-electron chi connectivity index (χ1n) is 13.5. The number of carbonyl (C=O) groups is 4. The van der Waals surface area contributed by atoms with Gasteiger partial charge in [0.15, 0.2) is 0 Å². The van der Waals surface area contributed by atoms with Crippen LogP contribution < -0.4 is 16.0 Å². The smallest absolute Gasteiger partial charge is 0.255 e. The second-order valence-electron chi connectivity index (χ2n) is 9.26. The van der Waals surface area contributed by atoms with Crippen LogP contribution in [-0.4, -0.2) is 87.3 Å². The summed E-state index contributed by atoms with van der Waals surface area (Å²) >= 11 is 0. The largest absolute Gasteiger partial charge is 0.379 e. The molecule has 11 nitrogen and oxygen atoms in total. The summed E-state index contributed by atoms with van der Waals surface area (Å²) in [5.74, 6) is -1.13. The van der Waals surface area contributed by atoms with Crippen molar-refractivity contribution in [3.8, 4) is 0 Å². The first-order chi connectivity index (χ1) is 18.5. The van der Waals surface area contributed by atoms with Crippen molar-refractivity contribution in [2.75, 3.05) is 58.0 Å².